The second kappa shape index (κ2) is 4.35. The zero-order valence-electron chi connectivity index (χ0n) is 8.40. The van der Waals surface area contributed by atoms with Crippen LogP contribution in [0, 0.1) is 6.08 Å². The van der Waals surface area contributed by atoms with Gasteiger partial charge in [-0.2, -0.15) is 19.3 Å². The molecule has 1 N–H and O–H groups in total. The molecule has 7 heteroatoms. The third-order valence-corrected chi connectivity index (χ3v) is 2.11. The van der Waals surface area contributed by atoms with Gasteiger partial charge in [0.05, 0.1) is 13.2 Å². The van der Waals surface area contributed by atoms with Gasteiger partial charge in [-0.3, -0.25) is 0 Å². The summed E-state index contributed by atoms with van der Waals surface area (Å²) >= 11 is 0. The second-order valence-corrected chi connectivity index (χ2v) is 3.08. The number of halogens is 1. The molecule has 1 fully saturated rings. The third kappa shape index (κ3) is 2.30. The van der Waals surface area contributed by atoms with Gasteiger partial charge in [0.2, 0.25) is 11.9 Å². The van der Waals surface area contributed by atoms with Crippen molar-refractivity contribution >= 4 is 11.9 Å². The number of hydrogen-bond acceptors (Lipinski definition) is 6. The Balaban J connectivity index is 2.22. The highest BCUT2D eigenvalue weighted by Gasteiger charge is 2.15. The van der Waals surface area contributed by atoms with E-state index in [2.05, 4.69) is 20.3 Å². The van der Waals surface area contributed by atoms with Crippen LogP contribution in [0.4, 0.5) is 16.3 Å². The quantitative estimate of drug-likeness (QED) is 0.739. The van der Waals surface area contributed by atoms with Gasteiger partial charge >= 0.3 is 6.08 Å². The van der Waals surface area contributed by atoms with Crippen molar-refractivity contribution in [1.82, 2.24) is 15.0 Å². The van der Waals surface area contributed by atoms with Gasteiger partial charge in [0.1, 0.15) is 0 Å². The Morgan fingerprint density at radius 1 is 1.27 bits per heavy atom. The zero-order chi connectivity index (χ0) is 10.7. The Bertz CT molecular complexity index is 342. The normalized spacial score (nSPS) is 16.5. The van der Waals surface area contributed by atoms with Gasteiger partial charge < -0.3 is 15.0 Å². The van der Waals surface area contributed by atoms with E-state index in [-0.39, 0.29) is 5.95 Å². The van der Waals surface area contributed by atoms with E-state index in [9.17, 15) is 4.39 Å². The van der Waals surface area contributed by atoms with Crippen LogP contribution in [0.5, 0.6) is 0 Å². The van der Waals surface area contributed by atoms with E-state index in [4.69, 9.17) is 4.74 Å². The van der Waals surface area contributed by atoms with Crippen LogP contribution in [0.2, 0.25) is 0 Å². The maximum atomic E-state index is 13.0. The Morgan fingerprint density at radius 3 is 2.67 bits per heavy atom. The first-order valence-electron chi connectivity index (χ1n) is 4.71. The maximum Gasteiger partial charge on any atom is 0.315 e. The summed E-state index contributed by atoms with van der Waals surface area (Å²) in [4.78, 5) is 13.1. The Hall–Kier alpha value is -1.50. The molecule has 6 nitrogen and oxygen atoms in total. The monoisotopic (exact) mass is 213 g/mol. The molecular formula is C8H12FN5O. The Labute approximate surface area is 86.5 Å². The molecule has 0 unspecified atom stereocenters. The third-order valence-electron chi connectivity index (χ3n) is 2.11. The first-order chi connectivity index (χ1) is 7.29. The number of nitrogens with zero attached hydrogens (tertiary/aromatic N) is 4. The lowest BCUT2D eigenvalue weighted by atomic mass is 10.4. The largest absolute Gasteiger partial charge is 0.378 e. The molecule has 1 aliphatic rings. The fourth-order valence-electron chi connectivity index (χ4n) is 1.36. The summed E-state index contributed by atoms with van der Waals surface area (Å²) in [6.07, 6.45) is -0.768. The summed E-state index contributed by atoms with van der Waals surface area (Å²) in [5.74, 6) is 0.596. The number of aromatic nitrogens is 3. The molecule has 0 aliphatic carbocycles. The van der Waals surface area contributed by atoms with Crippen molar-refractivity contribution in [3.63, 3.8) is 0 Å². The summed E-state index contributed by atoms with van der Waals surface area (Å²) in [6, 6.07) is 0. The SMILES string of the molecule is CNc1nc(F)nc(N2CCOCC2)n1. The van der Waals surface area contributed by atoms with Gasteiger partial charge in [-0.05, 0) is 0 Å². The molecular weight excluding hydrogens is 201 g/mol. The summed E-state index contributed by atoms with van der Waals surface area (Å²) in [6.45, 7) is 2.57. The molecule has 0 aromatic carbocycles. The number of ether oxygens (including phenoxy) is 1. The predicted molar refractivity (Wildman–Crippen MR) is 52.4 cm³/mol. The fourth-order valence-corrected chi connectivity index (χ4v) is 1.36. The first-order valence-corrected chi connectivity index (χ1v) is 4.71. The fraction of sp³-hybridized carbons (Fsp3) is 0.625. The molecule has 1 aromatic heterocycles. The van der Waals surface area contributed by atoms with E-state index in [1.165, 1.54) is 0 Å². The molecule has 0 amide bonds. The molecule has 1 aliphatic heterocycles. The van der Waals surface area contributed by atoms with E-state index < -0.39 is 6.08 Å². The number of morpholine rings is 1. The second-order valence-electron chi connectivity index (χ2n) is 3.08. The Kier molecular flexibility index (Phi) is 2.91. The maximum absolute atomic E-state index is 13.0. The summed E-state index contributed by atoms with van der Waals surface area (Å²) in [5.41, 5.74) is 0. The average Bonchev–Trinajstić information content (AvgIpc) is 2.29. The molecule has 15 heavy (non-hydrogen) atoms. The molecule has 0 atom stereocenters. The summed E-state index contributed by atoms with van der Waals surface area (Å²) in [7, 11) is 1.64. The van der Waals surface area contributed by atoms with Crippen molar-refractivity contribution in [1.29, 1.82) is 0 Å². The van der Waals surface area contributed by atoms with Gasteiger partial charge in [0.25, 0.3) is 0 Å². The van der Waals surface area contributed by atoms with Crippen LogP contribution in [0.1, 0.15) is 0 Å². The average molecular weight is 213 g/mol. The smallest absolute Gasteiger partial charge is 0.315 e. The lowest BCUT2D eigenvalue weighted by Crippen LogP contribution is -2.37. The van der Waals surface area contributed by atoms with Crippen LogP contribution in [0.15, 0.2) is 0 Å². The van der Waals surface area contributed by atoms with Crippen molar-refractivity contribution < 1.29 is 9.13 Å². The summed E-state index contributed by atoms with van der Waals surface area (Å²) < 4.78 is 18.2. The van der Waals surface area contributed by atoms with Crippen LogP contribution in [0.3, 0.4) is 0 Å². The number of hydrogen-bond donors (Lipinski definition) is 1. The topological polar surface area (TPSA) is 63.2 Å². The van der Waals surface area contributed by atoms with E-state index in [1.54, 1.807) is 7.05 Å². The lowest BCUT2D eigenvalue weighted by molar-refractivity contribution is 0.122. The Morgan fingerprint density at radius 2 is 2.00 bits per heavy atom. The van der Waals surface area contributed by atoms with Crippen molar-refractivity contribution in [2.24, 2.45) is 0 Å². The predicted octanol–water partition coefficient (Wildman–Crippen LogP) is -0.111. The number of nitrogens with one attached hydrogen (secondary N) is 1. The lowest BCUT2D eigenvalue weighted by Gasteiger charge is -2.26. The minimum Gasteiger partial charge on any atom is -0.378 e. The van der Waals surface area contributed by atoms with Gasteiger partial charge in [-0.15, -0.1) is 0 Å². The van der Waals surface area contributed by atoms with Gasteiger partial charge in [0.15, 0.2) is 0 Å². The van der Waals surface area contributed by atoms with Crippen molar-refractivity contribution in [2.75, 3.05) is 43.6 Å². The van der Waals surface area contributed by atoms with Crippen LogP contribution >= 0.6 is 0 Å². The number of rotatable bonds is 2. The van der Waals surface area contributed by atoms with E-state index in [0.29, 0.717) is 32.3 Å². The van der Waals surface area contributed by atoms with E-state index in [1.807, 2.05) is 4.90 Å². The number of anilines is 2. The standard InChI is InChI=1S/C8H12FN5O/c1-10-7-11-6(9)12-8(13-7)14-2-4-15-5-3-14/h2-5H2,1H3,(H,10,11,12,13). The molecule has 2 rings (SSSR count). The van der Waals surface area contributed by atoms with Crippen molar-refractivity contribution in [2.45, 2.75) is 0 Å². The van der Waals surface area contributed by atoms with Gasteiger partial charge in [-0.1, -0.05) is 0 Å². The molecule has 2 heterocycles. The summed E-state index contributed by atoms with van der Waals surface area (Å²) in [5, 5.41) is 2.69. The highest BCUT2D eigenvalue weighted by Crippen LogP contribution is 2.11. The highest BCUT2D eigenvalue weighted by atomic mass is 19.1. The molecule has 0 radical (unpaired) electrons. The van der Waals surface area contributed by atoms with Gasteiger partial charge in [-0.25, -0.2) is 0 Å². The highest BCUT2D eigenvalue weighted by molar-refractivity contribution is 5.35. The van der Waals surface area contributed by atoms with E-state index >= 15 is 0 Å². The van der Waals surface area contributed by atoms with Gasteiger partial charge in [0, 0.05) is 20.1 Å². The van der Waals surface area contributed by atoms with Crippen molar-refractivity contribution in [3.8, 4) is 0 Å². The molecule has 0 bridgehead atoms. The van der Waals surface area contributed by atoms with Crippen LogP contribution < -0.4 is 10.2 Å². The first kappa shape index (κ1) is 10.0. The molecule has 82 valence electrons. The van der Waals surface area contributed by atoms with Crippen molar-refractivity contribution in [3.05, 3.63) is 6.08 Å². The van der Waals surface area contributed by atoms with Crippen LogP contribution in [-0.4, -0.2) is 48.3 Å². The van der Waals surface area contributed by atoms with Crippen LogP contribution in [-0.2, 0) is 4.74 Å². The van der Waals surface area contributed by atoms with Crippen LogP contribution in [0.25, 0.3) is 0 Å². The molecule has 1 saturated heterocycles. The molecule has 0 spiro atoms. The molecule has 1 aromatic rings. The molecule has 0 saturated carbocycles. The zero-order valence-corrected chi connectivity index (χ0v) is 8.40. The minimum atomic E-state index is -0.768. The van der Waals surface area contributed by atoms with E-state index in [0.717, 1.165) is 0 Å². The minimum absolute atomic E-state index is 0.240.